The molecule has 2 aliphatic carbocycles. The van der Waals surface area contributed by atoms with E-state index in [4.69, 9.17) is 5.11 Å². The van der Waals surface area contributed by atoms with Gasteiger partial charge >= 0.3 is 5.97 Å². The van der Waals surface area contributed by atoms with E-state index in [9.17, 15) is 13.2 Å². The second-order valence-corrected chi connectivity index (χ2v) is 11.8. The number of aliphatic carboxylic acids is 1. The Balaban J connectivity index is 1.29. The summed E-state index contributed by atoms with van der Waals surface area (Å²) >= 11 is 0. The van der Waals surface area contributed by atoms with E-state index in [1.807, 2.05) is 24.3 Å². The maximum Gasteiger partial charge on any atom is 0.303 e. The van der Waals surface area contributed by atoms with Gasteiger partial charge in [-0.1, -0.05) is 30.3 Å². The maximum absolute atomic E-state index is 12.0. The molecule has 2 aromatic heterocycles. The lowest BCUT2D eigenvalue weighted by Crippen LogP contribution is -2.16. The molecule has 0 saturated heterocycles. The lowest BCUT2D eigenvalue weighted by Gasteiger charge is -2.28. The fourth-order valence-electron chi connectivity index (χ4n) is 5.12. The molecule has 3 aromatic rings. The summed E-state index contributed by atoms with van der Waals surface area (Å²) in [7, 11) is -3.27. The van der Waals surface area contributed by atoms with Gasteiger partial charge in [-0.2, -0.15) is 0 Å². The minimum Gasteiger partial charge on any atom is -0.481 e. The molecule has 0 amide bonds. The first-order chi connectivity index (χ1) is 17.3. The number of hydrogen-bond acceptors (Lipinski definition) is 5. The van der Waals surface area contributed by atoms with Crippen LogP contribution in [-0.4, -0.2) is 40.7 Å². The molecular weight excluding hydrogens is 474 g/mol. The summed E-state index contributed by atoms with van der Waals surface area (Å²) in [5, 5.41) is 9.02. The van der Waals surface area contributed by atoms with Gasteiger partial charge in [0, 0.05) is 41.3 Å². The highest BCUT2D eigenvalue weighted by Crippen LogP contribution is 2.37. The van der Waals surface area contributed by atoms with Crippen LogP contribution in [0.5, 0.6) is 0 Å². The molecule has 2 aliphatic rings. The van der Waals surface area contributed by atoms with E-state index < -0.39 is 15.8 Å². The molecular formula is C28H29N3O4S. The largest absolute Gasteiger partial charge is 0.481 e. The number of carbonyl (C=O) groups is 1. The average Bonchev–Trinajstić information content (AvgIpc) is 3.14. The number of nitrogens with zero attached hydrogens (tertiary/aromatic N) is 2. The zero-order valence-electron chi connectivity index (χ0n) is 20.1. The second kappa shape index (κ2) is 9.85. The van der Waals surface area contributed by atoms with Gasteiger partial charge in [-0.05, 0) is 67.4 Å². The van der Waals surface area contributed by atoms with Crippen molar-refractivity contribution in [3.63, 3.8) is 0 Å². The number of benzene rings is 1. The predicted octanol–water partition coefficient (Wildman–Crippen LogP) is 5.69. The number of fused-ring (bicyclic) bond motifs is 1. The average molecular weight is 504 g/mol. The molecule has 0 aliphatic heterocycles. The normalized spacial score (nSPS) is 19.9. The van der Waals surface area contributed by atoms with Gasteiger partial charge in [0.15, 0.2) is 9.84 Å². The van der Waals surface area contributed by atoms with E-state index in [0.717, 1.165) is 42.5 Å². The molecule has 7 nitrogen and oxygen atoms in total. The Morgan fingerprint density at radius 2 is 1.78 bits per heavy atom. The van der Waals surface area contributed by atoms with Crippen molar-refractivity contribution in [1.29, 1.82) is 0 Å². The number of sulfone groups is 1. The molecule has 0 radical (unpaired) electrons. The van der Waals surface area contributed by atoms with Gasteiger partial charge < -0.3 is 10.1 Å². The first-order valence-electron chi connectivity index (χ1n) is 12.2. The van der Waals surface area contributed by atoms with Crippen molar-refractivity contribution >= 4 is 28.0 Å². The fraction of sp³-hybridized carbons (Fsp3) is 0.321. The number of hydrogen-bond donors (Lipinski definition) is 2. The molecule has 36 heavy (non-hydrogen) atoms. The zero-order chi connectivity index (χ0) is 25.3. The molecule has 8 heteroatoms. The number of rotatable bonds is 6. The molecule has 5 rings (SSSR count). The van der Waals surface area contributed by atoms with E-state index in [0.29, 0.717) is 40.4 Å². The number of imidazole rings is 1. The highest BCUT2D eigenvalue weighted by Gasteiger charge is 2.24. The first kappa shape index (κ1) is 24.2. The number of carboxylic acid groups (broad SMARTS) is 1. The molecule has 1 saturated carbocycles. The van der Waals surface area contributed by atoms with Crippen LogP contribution in [0.1, 0.15) is 61.4 Å². The van der Waals surface area contributed by atoms with E-state index in [-0.39, 0.29) is 6.42 Å². The topological polar surface area (TPSA) is 113 Å². The van der Waals surface area contributed by atoms with Gasteiger partial charge in [0.1, 0.15) is 5.82 Å². The lowest BCUT2D eigenvalue weighted by molar-refractivity contribution is -0.138. The van der Waals surface area contributed by atoms with Gasteiger partial charge in [0.2, 0.25) is 0 Å². The van der Waals surface area contributed by atoms with Gasteiger partial charge in [-0.15, -0.1) is 0 Å². The number of aromatic amines is 1. The smallest absolute Gasteiger partial charge is 0.303 e. The molecule has 186 valence electrons. The van der Waals surface area contributed by atoms with Crippen LogP contribution in [0, 0.1) is 5.92 Å². The third kappa shape index (κ3) is 5.33. The van der Waals surface area contributed by atoms with Crippen molar-refractivity contribution in [2.45, 2.75) is 44.4 Å². The highest BCUT2D eigenvalue weighted by atomic mass is 32.2. The van der Waals surface area contributed by atoms with E-state index >= 15 is 0 Å². The van der Waals surface area contributed by atoms with Crippen molar-refractivity contribution in [3.8, 4) is 22.6 Å². The van der Waals surface area contributed by atoms with Crippen LogP contribution in [0.4, 0.5) is 0 Å². The molecule has 2 heterocycles. The van der Waals surface area contributed by atoms with Gasteiger partial charge in [-0.3, -0.25) is 9.78 Å². The van der Waals surface area contributed by atoms with Crippen LogP contribution >= 0.6 is 0 Å². The lowest BCUT2D eigenvalue weighted by atomic mass is 9.77. The van der Waals surface area contributed by atoms with Crippen LogP contribution in [0.2, 0.25) is 0 Å². The van der Waals surface area contributed by atoms with Gasteiger partial charge in [0.05, 0.1) is 17.1 Å². The molecule has 0 atom stereocenters. The summed E-state index contributed by atoms with van der Waals surface area (Å²) in [6.07, 6.45) is 13.0. The van der Waals surface area contributed by atoms with Crippen LogP contribution in [0.3, 0.4) is 0 Å². The van der Waals surface area contributed by atoms with Crippen LogP contribution < -0.4 is 0 Å². The Kier molecular flexibility index (Phi) is 6.62. The monoisotopic (exact) mass is 503 g/mol. The van der Waals surface area contributed by atoms with Crippen LogP contribution in [0.15, 0.2) is 53.6 Å². The third-order valence-electron chi connectivity index (χ3n) is 7.16. The second-order valence-electron chi connectivity index (χ2n) is 9.74. The minimum atomic E-state index is -3.27. The number of pyridine rings is 1. The minimum absolute atomic E-state index is 0.281. The molecule has 1 fully saturated rings. The number of aromatic nitrogens is 3. The zero-order valence-corrected chi connectivity index (χ0v) is 21.0. The Labute approximate surface area is 210 Å². The summed E-state index contributed by atoms with van der Waals surface area (Å²) in [5.41, 5.74) is 5.41. The molecule has 0 bridgehead atoms. The van der Waals surface area contributed by atoms with E-state index in [1.165, 1.54) is 11.8 Å². The van der Waals surface area contributed by atoms with Crippen molar-refractivity contribution < 1.29 is 18.3 Å². The molecule has 2 N–H and O–H groups in total. The summed E-state index contributed by atoms with van der Waals surface area (Å²) in [6.45, 7) is 0. The first-order valence-corrected chi connectivity index (χ1v) is 14.1. The van der Waals surface area contributed by atoms with Crippen LogP contribution in [-0.2, 0) is 14.6 Å². The maximum atomic E-state index is 12.0. The summed E-state index contributed by atoms with van der Waals surface area (Å²) in [4.78, 5) is 23.8. The number of nitrogens with one attached hydrogen (secondary N) is 1. The van der Waals surface area contributed by atoms with Crippen LogP contribution in [0.25, 0.3) is 34.8 Å². The van der Waals surface area contributed by atoms with E-state index in [1.54, 1.807) is 12.3 Å². The van der Waals surface area contributed by atoms with Crippen molar-refractivity contribution in [2.24, 2.45) is 5.92 Å². The van der Waals surface area contributed by atoms with Gasteiger partial charge in [-0.25, -0.2) is 13.4 Å². The number of carboxylic acids is 1. The van der Waals surface area contributed by atoms with E-state index in [2.05, 4.69) is 39.2 Å². The Hall–Kier alpha value is -3.52. The van der Waals surface area contributed by atoms with Crippen molar-refractivity contribution in [1.82, 2.24) is 15.0 Å². The highest BCUT2D eigenvalue weighted by molar-refractivity contribution is 7.94. The van der Waals surface area contributed by atoms with Crippen molar-refractivity contribution in [3.05, 3.63) is 70.5 Å². The third-order valence-corrected chi connectivity index (χ3v) is 8.40. The number of allylic oxidation sites excluding steroid dienone is 2. The van der Waals surface area contributed by atoms with Crippen molar-refractivity contribution in [2.75, 3.05) is 6.26 Å². The summed E-state index contributed by atoms with van der Waals surface area (Å²) in [5.74, 6) is 0.736. The molecule has 1 aromatic carbocycles. The fourth-order valence-corrected chi connectivity index (χ4v) is 5.85. The standard InChI is InChI=1S/C28H29N3O4S/c1-36(34,35)23-3-2-4-25-26(16-23)31-28(30-25)22-13-14-24(29-17-22)21-11-9-20(10-12-21)19-7-5-18(6-8-19)15-27(32)33/h2,4,9-14,16-19H,3,5-8,15H2,1H3,(H,30,31)(H,32,33). The molecule has 0 unspecified atom stereocenters. The van der Waals surface area contributed by atoms with Gasteiger partial charge in [0.25, 0.3) is 0 Å². The molecule has 0 spiro atoms. The quantitative estimate of drug-likeness (QED) is 0.447. The summed E-state index contributed by atoms with van der Waals surface area (Å²) in [6, 6.07) is 12.4. The Morgan fingerprint density at radius 3 is 2.42 bits per heavy atom. The summed E-state index contributed by atoms with van der Waals surface area (Å²) < 4.78 is 24.0. The number of H-pyrrole nitrogens is 1. The predicted molar refractivity (Wildman–Crippen MR) is 141 cm³/mol. The Morgan fingerprint density at radius 1 is 1.06 bits per heavy atom. The SMILES string of the molecule is CS(=O)(=O)C1=Cc2[nH]c(-c3ccc(-c4ccc(C5CCC(CC(=O)O)CC5)cc4)nc3)nc2C=CC1. The Bertz CT molecular complexity index is 1430.